The van der Waals surface area contributed by atoms with Crippen LogP contribution in [0.5, 0.6) is 11.5 Å². The van der Waals surface area contributed by atoms with Crippen LogP contribution in [-0.2, 0) is 9.53 Å². The average Bonchev–Trinajstić information content (AvgIpc) is 2.58. The van der Waals surface area contributed by atoms with Gasteiger partial charge in [-0.1, -0.05) is 6.07 Å². The minimum absolute atomic E-state index is 0.00474. The third-order valence-electron chi connectivity index (χ3n) is 4.04. The molecular formula is C17H25NO4. The monoisotopic (exact) mass is 307 g/mol. The normalized spacial score (nSPS) is 15.4. The fourth-order valence-electron chi connectivity index (χ4n) is 2.48. The lowest BCUT2D eigenvalue weighted by molar-refractivity contribution is -0.132. The molecule has 1 aromatic rings. The predicted octanol–water partition coefficient (Wildman–Crippen LogP) is 2.35. The lowest BCUT2D eigenvalue weighted by Gasteiger charge is -2.24. The van der Waals surface area contributed by atoms with Gasteiger partial charge in [0.1, 0.15) is 11.5 Å². The Labute approximate surface area is 132 Å². The highest BCUT2D eigenvalue weighted by atomic mass is 16.5. The van der Waals surface area contributed by atoms with Crippen molar-refractivity contribution in [1.82, 2.24) is 4.90 Å². The van der Waals surface area contributed by atoms with E-state index in [9.17, 15) is 4.79 Å². The molecule has 1 fully saturated rings. The molecule has 1 heterocycles. The second-order valence-electron chi connectivity index (χ2n) is 5.63. The molecule has 1 amide bonds. The molecule has 1 aliphatic heterocycles. The first kappa shape index (κ1) is 16.6. The summed E-state index contributed by atoms with van der Waals surface area (Å²) < 4.78 is 16.0. The largest absolute Gasteiger partial charge is 0.497 e. The van der Waals surface area contributed by atoms with Crippen LogP contribution in [0.4, 0.5) is 0 Å². The van der Waals surface area contributed by atoms with Crippen LogP contribution in [-0.4, -0.2) is 51.3 Å². The maximum absolute atomic E-state index is 12.1. The molecule has 0 atom stereocenters. The number of nitrogens with zero attached hydrogens (tertiary/aromatic N) is 1. The van der Waals surface area contributed by atoms with E-state index < -0.39 is 0 Å². The Kier molecular flexibility index (Phi) is 6.52. The first-order valence-corrected chi connectivity index (χ1v) is 7.77. The highest BCUT2D eigenvalue weighted by Gasteiger charge is 2.16. The SMILES string of the molecule is COc1cccc(OCC(=O)N(C)CCC2CCOCC2)c1. The average molecular weight is 307 g/mol. The van der Waals surface area contributed by atoms with Crippen molar-refractivity contribution in [3.8, 4) is 11.5 Å². The number of methoxy groups -OCH3 is 1. The molecule has 2 rings (SSSR count). The van der Waals surface area contributed by atoms with Crippen molar-refractivity contribution < 1.29 is 19.0 Å². The summed E-state index contributed by atoms with van der Waals surface area (Å²) in [6.07, 6.45) is 3.23. The molecule has 22 heavy (non-hydrogen) atoms. The summed E-state index contributed by atoms with van der Waals surface area (Å²) in [6, 6.07) is 7.27. The number of likely N-dealkylation sites (N-methyl/N-ethyl adjacent to an activating group) is 1. The van der Waals surface area contributed by atoms with Crippen LogP contribution >= 0.6 is 0 Å². The van der Waals surface area contributed by atoms with Crippen LogP contribution in [0.15, 0.2) is 24.3 Å². The van der Waals surface area contributed by atoms with Gasteiger partial charge < -0.3 is 19.1 Å². The summed E-state index contributed by atoms with van der Waals surface area (Å²) >= 11 is 0. The second-order valence-corrected chi connectivity index (χ2v) is 5.63. The van der Waals surface area contributed by atoms with Crippen LogP contribution in [0.25, 0.3) is 0 Å². The lowest BCUT2D eigenvalue weighted by atomic mass is 9.96. The zero-order valence-electron chi connectivity index (χ0n) is 13.4. The van der Waals surface area contributed by atoms with Crippen LogP contribution in [0.2, 0.25) is 0 Å². The molecule has 1 aromatic carbocycles. The van der Waals surface area contributed by atoms with Gasteiger partial charge in [0.25, 0.3) is 5.91 Å². The molecule has 0 radical (unpaired) electrons. The van der Waals surface area contributed by atoms with E-state index in [-0.39, 0.29) is 12.5 Å². The quantitative estimate of drug-likeness (QED) is 0.776. The van der Waals surface area contributed by atoms with Gasteiger partial charge in [0.05, 0.1) is 7.11 Å². The topological polar surface area (TPSA) is 48.0 Å². The van der Waals surface area contributed by atoms with Crippen molar-refractivity contribution in [3.63, 3.8) is 0 Å². The van der Waals surface area contributed by atoms with Gasteiger partial charge in [-0.25, -0.2) is 0 Å². The minimum Gasteiger partial charge on any atom is -0.497 e. The Morgan fingerprint density at radius 1 is 1.32 bits per heavy atom. The fourth-order valence-corrected chi connectivity index (χ4v) is 2.48. The summed E-state index contributed by atoms with van der Waals surface area (Å²) in [7, 11) is 3.44. The van der Waals surface area contributed by atoms with E-state index in [1.165, 1.54) is 0 Å². The van der Waals surface area contributed by atoms with Crippen LogP contribution in [0, 0.1) is 5.92 Å². The number of carbonyl (C=O) groups excluding carboxylic acids is 1. The van der Waals surface area contributed by atoms with Gasteiger partial charge in [-0.2, -0.15) is 0 Å². The molecule has 5 heteroatoms. The lowest BCUT2D eigenvalue weighted by Crippen LogP contribution is -2.33. The first-order chi connectivity index (χ1) is 10.7. The molecular weight excluding hydrogens is 282 g/mol. The molecule has 1 aliphatic rings. The van der Waals surface area contributed by atoms with E-state index in [2.05, 4.69) is 0 Å². The number of rotatable bonds is 7. The van der Waals surface area contributed by atoms with Crippen molar-refractivity contribution in [2.24, 2.45) is 5.92 Å². The standard InChI is InChI=1S/C17H25NO4/c1-18(9-6-14-7-10-21-11-8-14)17(19)13-22-16-5-3-4-15(12-16)20-2/h3-5,12,14H,6-11,13H2,1-2H3. The van der Waals surface area contributed by atoms with Gasteiger partial charge in [0.2, 0.25) is 0 Å². The van der Waals surface area contributed by atoms with E-state index in [1.807, 2.05) is 25.2 Å². The Hall–Kier alpha value is -1.75. The number of benzene rings is 1. The van der Waals surface area contributed by atoms with E-state index in [0.717, 1.165) is 44.8 Å². The van der Waals surface area contributed by atoms with E-state index in [0.29, 0.717) is 11.7 Å². The third-order valence-corrected chi connectivity index (χ3v) is 4.04. The smallest absolute Gasteiger partial charge is 0.260 e. The summed E-state index contributed by atoms with van der Waals surface area (Å²) in [5.41, 5.74) is 0. The van der Waals surface area contributed by atoms with Crippen LogP contribution < -0.4 is 9.47 Å². The Bertz CT molecular complexity index is 471. The Morgan fingerprint density at radius 2 is 2.05 bits per heavy atom. The van der Waals surface area contributed by atoms with Gasteiger partial charge in [0, 0.05) is 32.9 Å². The van der Waals surface area contributed by atoms with Crippen molar-refractivity contribution in [1.29, 1.82) is 0 Å². The van der Waals surface area contributed by atoms with E-state index in [4.69, 9.17) is 14.2 Å². The second kappa shape index (κ2) is 8.63. The fraction of sp³-hybridized carbons (Fsp3) is 0.588. The Balaban J connectivity index is 1.71. The third kappa shape index (κ3) is 5.22. The maximum atomic E-state index is 12.1. The number of carbonyl (C=O) groups is 1. The minimum atomic E-state index is -0.00474. The van der Waals surface area contributed by atoms with E-state index in [1.54, 1.807) is 18.1 Å². The van der Waals surface area contributed by atoms with Crippen molar-refractivity contribution >= 4 is 5.91 Å². The van der Waals surface area contributed by atoms with E-state index >= 15 is 0 Å². The number of ether oxygens (including phenoxy) is 3. The summed E-state index contributed by atoms with van der Waals surface area (Å²) in [4.78, 5) is 13.8. The Morgan fingerprint density at radius 3 is 2.77 bits per heavy atom. The van der Waals surface area contributed by atoms with Gasteiger partial charge in [-0.15, -0.1) is 0 Å². The van der Waals surface area contributed by atoms with Crippen molar-refractivity contribution in [2.45, 2.75) is 19.3 Å². The maximum Gasteiger partial charge on any atom is 0.260 e. The van der Waals surface area contributed by atoms with Crippen LogP contribution in [0.3, 0.4) is 0 Å². The molecule has 0 N–H and O–H groups in total. The highest BCUT2D eigenvalue weighted by molar-refractivity contribution is 5.77. The van der Waals surface area contributed by atoms with Crippen molar-refractivity contribution in [2.75, 3.05) is 40.5 Å². The molecule has 0 spiro atoms. The zero-order chi connectivity index (χ0) is 15.8. The van der Waals surface area contributed by atoms with Crippen LogP contribution in [0.1, 0.15) is 19.3 Å². The first-order valence-electron chi connectivity index (χ1n) is 7.77. The van der Waals surface area contributed by atoms with Crippen molar-refractivity contribution in [3.05, 3.63) is 24.3 Å². The molecule has 5 nitrogen and oxygen atoms in total. The molecule has 0 unspecified atom stereocenters. The molecule has 0 aromatic heterocycles. The molecule has 1 saturated heterocycles. The number of amides is 1. The summed E-state index contributed by atoms with van der Waals surface area (Å²) in [5, 5.41) is 0. The molecule has 0 bridgehead atoms. The van der Waals surface area contributed by atoms with Gasteiger partial charge in [0.15, 0.2) is 6.61 Å². The number of hydrogen-bond acceptors (Lipinski definition) is 4. The van der Waals surface area contributed by atoms with Gasteiger partial charge in [-0.3, -0.25) is 4.79 Å². The zero-order valence-corrected chi connectivity index (χ0v) is 13.4. The summed E-state index contributed by atoms with van der Waals surface area (Å²) in [6.45, 7) is 2.52. The summed E-state index contributed by atoms with van der Waals surface area (Å²) in [5.74, 6) is 2.03. The highest BCUT2D eigenvalue weighted by Crippen LogP contribution is 2.20. The molecule has 0 saturated carbocycles. The molecule has 0 aliphatic carbocycles. The van der Waals surface area contributed by atoms with Gasteiger partial charge in [-0.05, 0) is 37.3 Å². The number of hydrogen-bond donors (Lipinski definition) is 0. The predicted molar refractivity (Wildman–Crippen MR) is 84.3 cm³/mol. The van der Waals surface area contributed by atoms with Gasteiger partial charge >= 0.3 is 0 Å². The molecule has 122 valence electrons.